The van der Waals surface area contributed by atoms with E-state index in [9.17, 15) is 5.11 Å². The Morgan fingerprint density at radius 3 is 2.13 bits per heavy atom. The third-order valence-electron chi connectivity index (χ3n) is 2.61. The van der Waals surface area contributed by atoms with E-state index in [4.69, 9.17) is 5.73 Å². The van der Waals surface area contributed by atoms with Gasteiger partial charge in [-0.3, -0.25) is 4.90 Å². The summed E-state index contributed by atoms with van der Waals surface area (Å²) in [6.45, 7) is 7.22. The van der Waals surface area contributed by atoms with Gasteiger partial charge in [0, 0.05) is 25.2 Å². The van der Waals surface area contributed by atoms with Crippen molar-refractivity contribution in [1.29, 1.82) is 0 Å². The van der Waals surface area contributed by atoms with Crippen molar-refractivity contribution in [3.8, 4) is 0 Å². The number of rotatable bonds is 8. The zero-order valence-corrected chi connectivity index (χ0v) is 10.6. The van der Waals surface area contributed by atoms with Crippen LogP contribution in [-0.4, -0.2) is 67.3 Å². The van der Waals surface area contributed by atoms with Crippen molar-refractivity contribution in [2.75, 3.05) is 40.3 Å². The third kappa shape index (κ3) is 6.10. The van der Waals surface area contributed by atoms with Crippen molar-refractivity contribution in [2.24, 2.45) is 5.73 Å². The highest BCUT2D eigenvalue weighted by Crippen LogP contribution is 2.04. The van der Waals surface area contributed by atoms with Gasteiger partial charge in [-0.05, 0) is 34.0 Å². The van der Waals surface area contributed by atoms with Crippen LogP contribution < -0.4 is 5.73 Å². The molecular weight excluding hydrogens is 190 g/mol. The van der Waals surface area contributed by atoms with E-state index < -0.39 is 0 Å². The predicted octanol–water partition coefficient (Wildman–Crippen LogP) is -0.0319. The maximum atomic E-state index is 9.32. The fourth-order valence-electron chi connectivity index (χ4n) is 1.67. The molecule has 0 amide bonds. The SMILES string of the molecule is CCCN(CCN(C)C)C(CO)C(C)N. The van der Waals surface area contributed by atoms with Crippen LogP contribution in [0.4, 0.5) is 0 Å². The number of hydrogen-bond donors (Lipinski definition) is 2. The molecule has 92 valence electrons. The number of aliphatic hydroxyl groups excluding tert-OH is 1. The molecule has 15 heavy (non-hydrogen) atoms. The van der Waals surface area contributed by atoms with Crippen molar-refractivity contribution in [1.82, 2.24) is 9.80 Å². The number of hydrogen-bond acceptors (Lipinski definition) is 4. The molecule has 0 fully saturated rings. The van der Waals surface area contributed by atoms with Gasteiger partial charge in [-0.25, -0.2) is 0 Å². The fraction of sp³-hybridized carbons (Fsp3) is 1.00. The van der Waals surface area contributed by atoms with Crippen LogP contribution in [0.5, 0.6) is 0 Å². The number of nitrogens with zero attached hydrogens (tertiary/aromatic N) is 2. The van der Waals surface area contributed by atoms with Gasteiger partial charge in [-0.1, -0.05) is 6.92 Å². The summed E-state index contributed by atoms with van der Waals surface area (Å²) in [5.74, 6) is 0. The maximum absolute atomic E-state index is 9.32. The van der Waals surface area contributed by atoms with E-state index in [1.54, 1.807) is 0 Å². The van der Waals surface area contributed by atoms with Crippen molar-refractivity contribution >= 4 is 0 Å². The Labute approximate surface area is 94.0 Å². The van der Waals surface area contributed by atoms with Gasteiger partial charge in [0.2, 0.25) is 0 Å². The molecule has 0 aliphatic carbocycles. The van der Waals surface area contributed by atoms with E-state index in [1.165, 1.54) is 0 Å². The Morgan fingerprint density at radius 1 is 1.20 bits per heavy atom. The largest absolute Gasteiger partial charge is 0.395 e. The van der Waals surface area contributed by atoms with Gasteiger partial charge < -0.3 is 15.7 Å². The Morgan fingerprint density at radius 2 is 1.80 bits per heavy atom. The van der Waals surface area contributed by atoms with E-state index >= 15 is 0 Å². The molecule has 3 N–H and O–H groups in total. The number of likely N-dealkylation sites (N-methyl/N-ethyl adjacent to an activating group) is 1. The summed E-state index contributed by atoms with van der Waals surface area (Å²) in [6, 6.07) is 0.105. The average Bonchev–Trinajstić information content (AvgIpc) is 2.14. The first-order chi connectivity index (χ1) is 7.02. The minimum Gasteiger partial charge on any atom is -0.395 e. The summed E-state index contributed by atoms with van der Waals surface area (Å²) >= 11 is 0. The minimum atomic E-state index is 0.0173. The molecule has 4 nitrogen and oxygen atoms in total. The molecule has 2 unspecified atom stereocenters. The normalized spacial score (nSPS) is 16.0. The summed E-state index contributed by atoms with van der Waals surface area (Å²) in [5, 5.41) is 9.32. The summed E-state index contributed by atoms with van der Waals surface area (Å²) in [7, 11) is 4.12. The lowest BCUT2D eigenvalue weighted by atomic mass is 10.1. The molecule has 0 aliphatic rings. The van der Waals surface area contributed by atoms with Crippen LogP contribution in [0, 0.1) is 0 Å². The quantitative estimate of drug-likeness (QED) is 0.599. The van der Waals surface area contributed by atoms with Crippen molar-refractivity contribution in [3.63, 3.8) is 0 Å². The third-order valence-corrected chi connectivity index (χ3v) is 2.61. The summed E-state index contributed by atoms with van der Waals surface area (Å²) in [4.78, 5) is 4.43. The van der Waals surface area contributed by atoms with Crippen molar-refractivity contribution < 1.29 is 5.11 Å². The van der Waals surface area contributed by atoms with E-state index in [2.05, 4.69) is 30.8 Å². The molecule has 0 aromatic rings. The monoisotopic (exact) mass is 217 g/mol. The van der Waals surface area contributed by atoms with Crippen LogP contribution in [0.3, 0.4) is 0 Å². The summed E-state index contributed by atoms with van der Waals surface area (Å²) < 4.78 is 0. The highest BCUT2D eigenvalue weighted by molar-refractivity contribution is 4.78. The second-order valence-electron chi connectivity index (χ2n) is 4.45. The zero-order valence-electron chi connectivity index (χ0n) is 10.6. The van der Waals surface area contributed by atoms with Gasteiger partial charge in [0.15, 0.2) is 0 Å². The molecule has 0 bridgehead atoms. The summed E-state index contributed by atoms with van der Waals surface area (Å²) in [6.07, 6.45) is 1.09. The second kappa shape index (κ2) is 8.05. The highest BCUT2D eigenvalue weighted by Gasteiger charge is 2.20. The fourth-order valence-corrected chi connectivity index (χ4v) is 1.67. The van der Waals surface area contributed by atoms with Gasteiger partial charge in [-0.15, -0.1) is 0 Å². The van der Waals surface area contributed by atoms with Gasteiger partial charge in [0.25, 0.3) is 0 Å². The van der Waals surface area contributed by atoms with Crippen LogP contribution >= 0.6 is 0 Å². The molecule has 0 radical (unpaired) electrons. The van der Waals surface area contributed by atoms with Crippen molar-refractivity contribution in [2.45, 2.75) is 32.4 Å². The van der Waals surface area contributed by atoms with E-state index in [1.807, 2.05) is 6.92 Å². The smallest absolute Gasteiger partial charge is 0.0601 e. The Hall–Kier alpha value is -0.160. The first-order valence-electron chi connectivity index (χ1n) is 5.78. The lowest BCUT2D eigenvalue weighted by molar-refractivity contribution is 0.101. The van der Waals surface area contributed by atoms with Crippen LogP contribution in [0.1, 0.15) is 20.3 Å². The second-order valence-corrected chi connectivity index (χ2v) is 4.45. The molecule has 0 spiro atoms. The van der Waals surface area contributed by atoms with Crippen LogP contribution in [0.2, 0.25) is 0 Å². The molecule has 0 aromatic carbocycles. The van der Waals surface area contributed by atoms with Gasteiger partial charge in [0.1, 0.15) is 0 Å². The zero-order chi connectivity index (χ0) is 11.8. The minimum absolute atomic E-state index is 0.0173. The Bertz CT molecular complexity index is 151. The molecule has 0 rings (SSSR count). The predicted molar refractivity (Wildman–Crippen MR) is 64.9 cm³/mol. The van der Waals surface area contributed by atoms with E-state index in [0.29, 0.717) is 0 Å². The molecular formula is C11H27N3O. The highest BCUT2D eigenvalue weighted by atomic mass is 16.3. The molecule has 0 heterocycles. The van der Waals surface area contributed by atoms with Gasteiger partial charge >= 0.3 is 0 Å². The Balaban J connectivity index is 4.20. The number of nitrogens with two attached hydrogens (primary N) is 1. The summed E-state index contributed by atoms with van der Waals surface area (Å²) in [5.41, 5.74) is 5.87. The van der Waals surface area contributed by atoms with Crippen LogP contribution in [-0.2, 0) is 0 Å². The van der Waals surface area contributed by atoms with Gasteiger partial charge in [-0.2, -0.15) is 0 Å². The lowest BCUT2D eigenvalue weighted by Gasteiger charge is -2.33. The number of aliphatic hydroxyl groups is 1. The molecule has 0 aromatic heterocycles. The average molecular weight is 217 g/mol. The van der Waals surface area contributed by atoms with E-state index in [-0.39, 0.29) is 18.7 Å². The molecule has 0 aliphatic heterocycles. The molecule has 0 saturated heterocycles. The van der Waals surface area contributed by atoms with Gasteiger partial charge in [0.05, 0.1) is 6.61 Å². The van der Waals surface area contributed by atoms with Crippen molar-refractivity contribution in [3.05, 3.63) is 0 Å². The molecule has 4 heteroatoms. The first-order valence-corrected chi connectivity index (χ1v) is 5.78. The molecule has 2 atom stereocenters. The standard InChI is InChI=1S/C11H27N3O/c1-5-6-14(8-7-13(3)4)11(9-15)10(2)12/h10-11,15H,5-9,12H2,1-4H3. The van der Waals surface area contributed by atoms with Crippen LogP contribution in [0.25, 0.3) is 0 Å². The maximum Gasteiger partial charge on any atom is 0.0601 e. The van der Waals surface area contributed by atoms with E-state index in [0.717, 1.165) is 26.1 Å². The Kier molecular flexibility index (Phi) is 7.96. The lowest BCUT2D eigenvalue weighted by Crippen LogP contribution is -2.50. The molecule has 0 saturated carbocycles. The topological polar surface area (TPSA) is 52.7 Å². The van der Waals surface area contributed by atoms with Crippen LogP contribution in [0.15, 0.2) is 0 Å². The first kappa shape index (κ1) is 14.8.